The van der Waals surface area contributed by atoms with Crippen LogP contribution in [-0.2, 0) is 6.54 Å². The van der Waals surface area contributed by atoms with Gasteiger partial charge in [-0.1, -0.05) is 48.0 Å². The van der Waals surface area contributed by atoms with Gasteiger partial charge in [-0.05, 0) is 29.1 Å². The number of nitrogens with zero attached hydrogens (tertiary/aromatic N) is 2. The molecule has 0 aliphatic heterocycles. The van der Waals surface area contributed by atoms with Crippen LogP contribution >= 0.6 is 22.9 Å². The number of hydrogen-bond donors (Lipinski definition) is 1. The van der Waals surface area contributed by atoms with E-state index < -0.39 is 0 Å². The van der Waals surface area contributed by atoms with Crippen LogP contribution in [0.2, 0.25) is 5.02 Å². The third-order valence-electron chi connectivity index (χ3n) is 3.64. The Morgan fingerprint density at radius 2 is 1.91 bits per heavy atom. The first-order valence-electron chi connectivity index (χ1n) is 7.30. The van der Waals surface area contributed by atoms with Gasteiger partial charge in [0.2, 0.25) is 0 Å². The molecular formula is C18H14ClN3S. The predicted molar refractivity (Wildman–Crippen MR) is 97.3 cm³/mol. The molecule has 4 rings (SSSR count). The lowest BCUT2D eigenvalue weighted by Crippen LogP contribution is -2.03. The standard InChI is InChI=1S/C18H14ClN3S/c19-14-8-9-16-21-17(15-7-4-10-23-15)18(22(16)12-14)20-11-13-5-2-1-3-6-13/h1-10,12,20H,11H2. The van der Waals surface area contributed by atoms with Crippen molar-refractivity contribution >= 4 is 34.4 Å². The summed E-state index contributed by atoms with van der Waals surface area (Å²) in [6, 6.07) is 18.2. The highest BCUT2D eigenvalue weighted by molar-refractivity contribution is 7.13. The second kappa shape index (κ2) is 6.07. The van der Waals surface area contributed by atoms with Crippen LogP contribution in [0.15, 0.2) is 66.2 Å². The molecule has 114 valence electrons. The van der Waals surface area contributed by atoms with Gasteiger partial charge >= 0.3 is 0 Å². The first-order valence-corrected chi connectivity index (χ1v) is 8.56. The fourth-order valence-corrected chi connectivity index (χ4v) is 3.43. The van der Waals surface area contributed by atoms with Crippen LogP contribution in [0.25, 0.3) is 16.2 Å². The smallest absolute Gasteiger partial charge is 0.140 e. The van der Waals surface area contributed by atoms with Gasteiger partial charge in [0.15, 0.2) is 0 Å². The highest BCUT2D eigenvalue weighted by Crippen LogP contribution is 2.32. The number of nitrogens with one attached hydrogen (secondary N) is 1. The summed E-state index contributed by atoms with van der Waals surface area (Å²) in [6.45, 7) is 0.736. The van der Waals surface area contributed by atoms with Gasteiger partial charge in [-0.25, -0.2) is 4.98 Å². The summed E-state index contributed by atoms with van der Waals surface area (Å²) >= 11 is 7.85. The molecule has 0 saturated carbocycles. The van der Waals surface area contributed by atoms with Gasteiger partial charge in [0, 0.05) is 12.7 Å². The number of halogens is 1. The molecule has 0 aliphatic carbocycles. The van der Waals surface area contributed by atoms with Crippen LogP contribution < -0.4 is 5.32 Å². The zero-order chi connectivity index (χ0) is 15.6. The second-order valence-corrected chi connectivity index (χ2v) is 6.59. The number of pyridine rings is 1. The van der Waals surface area contributed by atoms with Crippen molar-refractivity contribution in [3.05, 3.63) is 76.8 Å². The minimum Gasteiger partial charge on any atom is -0.365 e. The number of rotatable bonds is 4. The monoisotopic (exact) mass is 339 g/mol. The number of imidazole rings is 1. The van der Waals surface area contributed by atoms with Gasteiger partial charge < -0.3 is 5.32 Å². The van der Waals surface area contributed by atoms with E-state index in [2.05, 4.69) is 28.9 Å². The minimum absolute atomic E-state index is 0.690. The van der Waals surface area contributed by atoms with Crippen LogP contribution in [0.3, 0.4) is 0 Å². The average molecular weight is 340 g/mol. The summed E-state index contributed by atoms with van der Waals surface area (Å²) in [5, 5.41) is 6.27. The van der Waals surface area contributed by atoms with E-state index in [0.717, 1.165) is 28.6 Å². The molecule has 3 heterocycles. The van der Waals surface area contributed by atoms with E-state index in [0.29, 0.717) is 5.02 Å². The zero-order valence-corrected chi connectivity index (χ0v) is 13.8. The Labute approximate surface area is 143 Å². The second-order valence-electron chi connectivity index (χ2n) is 5.20. The lowest BCUT2D eigenvalue weighted by atomic mass is 10.2. The molecule has 0 saturated heterocycles. The van der Waals surface area contributed by atoms with Crippen LogP contribution in [0.1, 0.15) is 5.56 Å². The molecule has 0 atom stereocenters. The summed E-state index contributed by atoms with van der Waals surface area (Å²) in [5.41, 5.74) is 3.06. The van der Waals surface area contributed by atoms with Crippen molar-refractivity contribution in [1.29, 1.82) is 0 Å². The molecule has 0 fully saturated rings. The van der Waals surface area contributed by atoms with Crippen molar-refractivity contribution in [2.24, 2.45) is 0 Å². The fourth-order valence-electron chi connectivity index (χ4n) is 2.55. The van der Waals surface area contributed by atoms with Crippen LogP contribution in [0.5, 0.6) is 0 Å². The first kappa shape index (κ1) is 14.3. The average Bonchev–Trinajstić information content (AvgIpc) is 3.21. The SMILES string of the molecule is Clc1ccc2nc(-c3cccs3)c(NCc3ccccc3)n2c1. The number of thiophene rings is 1. The maximum absolute atomic E-state index is 6.17. The van der Waals surface area contributed by atoms with Gasteiger partial charge in [0.1, 0.15) is 17.2 Å². The Balaban J connectivity index is 1.79. The minimum atomic E-state index is 0.690. The number of hydrogen-bond acceptors (Lipinski definition) is 3. The van der Waals surface area contributed by atoms with Gasteiger partial charge in [-0.3, -0.25) is 4.40 Å². The van der Waals surface area contributed by atoms with Crippen molar-refractivity contribution in [1.82, 2.24) is 9.38 Å². The van der Waals surface area contributed by atoms with E-state index in [4.69, 9.17) is 16.6 Å². The Morgan fingerprint density at radius 3 is 2.70 bits per heavy atom. The largest absolute Gasteiger partial charge is 0.365 e. The molecule has 0 radical (unpaired) electrons. The molecular weight excluding hydrogens is 326 g/mol. The molecule has 0 aliphatic rings. The molecule has 1 N–H and O–H groups in total. The lowest BCUT2D eigenvalue weighted by Gasteiger charge is -2.08. The molecule has 0 amide bonds. The molecule has 5 heteroatoms. The van der Waals surface area contributed by atoms with Gasteiger partial charge in [0.25, 0.3) is 0 Å². The van der Waals surface area contributed by atoms with E-state index >= 15 is 0 Å². The maximum atomic E-state index is 6.17. The molecule has 0 unspecified atom stereocenters. The summed E-state index contributed by atoms with van der Waals surface area (Å²) in [4.78, 5) is 5.90. The van der Waals surface area contributed by atoms with Gasteiger partial charge in [-0.2, -0.15) is 0 Å². The summed E-state index contributed by atoms with van der Waals surface area (Å²) < 4.78 is 2.01. The normalized spacial score (nSPS) is 11.0. The van der Waals surface area contributed by atoms with Crippen molar-refractivity contribution in [3.8, 4) is 10.6 Å². The summed E-state index contributed by atoms with van der Waals surface area (Å²) in [7, 11) is 0. The van der Waals surface area contributed by atoms with E-state index in [1.807, 2.05) is 47.0 Å². The first-order chi connectivity index (χ1) is 11.3. The van der Waals surface area contributed by atoms with E-state index in [1.165, 1.54) is 5.56 Å². The Hall–Kier alpha value is -2.30. The highest BCUT2D eigenvalue weighted by atomic mass is 35.5. The molecule has 0 bridgehead atoms. The fraction of sp³-hybridized carbons (Fsp3) is 0.0556. The Morgan fingerprint density at radius 1 is 1.04 bits per heavy atom. The summed E-state index contributed by atoms with van der Waals surface area (Å²) in [5.74, 6) is 0.966. The molecule has 1 aromatic carbocycles. The number of anilines is 1. The van der Waals surface area contributed by atoms with Crippen molar-refractivity contribution in [3.63, 3.8) is 0 Å². The van der Waals surface area contributed by atoms with Gasteiger partial charge in [-0.15, -0.1) is 11.3 Å². The third kappa shape index (κ3) is 2.83. The Kier molecular flexibility index (Phi) is 3.77. The number of benzene rings is 1. The molecule has 3 nitrogen and oxygen atoms in total. The molecule has 0 spiro atoms. The van der Waals surface area contributed by atoms with Crippen molar-refractivity contribution < 1.29 is 0 Å². The number of fused-ring (bicyclic) bond motifs is 1. The quantitative estimate of drug-likeness (QED) is 0.544. The van der Waals surface area contributed by atoms with Crippen LogP contribution in [0.4, 0.5) is 5.82 Å². The van der Waals surface area contributed by atoms with E-state index in [1.54, 1.807) is 11.3 Å². The molecule has 4 aromatic rings. The van der Waals surface area contributed by atoms with Crippen molar-refractivity contribution in [2.45, 2.75) is 6.54 Å². The van der Waals surface area contributed by atoms with Gasteiger partial charge in [0.05, 0.1) is 9.90 Å². The summed E-state index contributed by atoms with van der Waals surface area (Å²) in [6.07, 6.45) is 1.90. The lowest BCUT2D eigenvalue weighted by molar-refractivity contribution is 1.08. The van der Waals surface area contributed by atoms with E-state index in [-0.39, 0.29) is 0 Å². The van der Waals surface area contributed by atoms with E-state index in [9.17, 15) is 0 Å². The van der Waals surface area contributed by atoms with Crippen LogP contribution in [0, 0.1) is 0 Å². The topological polar surface area (TPSA) is 29.3 Å². The maximum Gasteiger partial charge on any atom is 0.140 e. The molecule has 23 heavy (non-hydrogen) atoms. The van der Waals surface area contributed by atoms with Crippen molar-refractivity contribution in [2.75, 3.05) is 5.32 Å². The Bertz CT molecular complexity index is 930. The third-order valence-corrected chi connectivity index (χ3v) is 4.74. The van der Waals surface area contributed by atoms with Crippen LogP contribution in [-0.4, -0.2) is 9.38 Å². The highest BCUT2D eigenvalue weighted by Gasteiger charge is 2.15. The predicted octanol–water partition coefficient (Wildman–Crippen LogP) is 5.33. The molecule has 3 aromatic heterocycles. The zero-order valence-electron chi connectivity index (χ0n) is 12.2. The number of aromatic nitrogens is 2.